The van der Waals surface area contributed by atoms with Crippen LogP contribution in [0.1, 0.15) is 0 Å². The van der Waals surface area contributed by atoms with Crippen LogP contribution in [0.2, 0.25) is 0 Å². The fourth-order valence-corrected chi connectivity index (χ4v) is 1.82. The summed E-state index contributed by atoms with van der Waals surface area (Å²) < 4.78 is 6.01. The first-order chi connectivity index (χ1) is 6.29. The molecule has 2 rings (SSSR count). The summed E-state index contributed by atoms with van der Waals surface area (Å²) in [6.07, 6.45) is 0. The van der Waals surface area contributed by atoms with Crippen LogP contribution in [0.25, 0.3) is 11.5 Å². The number of nitrogen functional groups attached to an aromatic ring is 1. The van der Waals surface area contributed by atoms with Gasteiger partial charge in [-0.15, -0.1) is 11.3 Å². The van der Waals surface area contributed by atoms with Crippen LogP contribution in [0.3, 0.4) is 0 Å². The Labute approximate surface area is 86.9 Å². The van der Waals surface area contributed by atoms with Crippen LogP contribution in [0.5, 0.6) is 0 Å². The number of halogens is 1. The number of furan rings is 1. The van der Waals surface area contributed by atoms with Gasteiger partial charge in [0.15, 0.2) is 15.6 Å². The van der Waals surface area contributed by atoms with Crippen molar-refractivity contribution in [3.8, 4) is 11.5 Å². The first-order valence-electron chi connectivity index (χ1n) is 3.47. The van der Waals surface area contributed by atoms with E-state index in [4.69, 9.17) is 10.3 Å². The molecular formula is C7H6BrN3OS. The van der Waals surface area contributed by atoms with E-state index in [0.29, 0.717) is 9.80 Å². The van der Waals surface area contributed by atoms with Crippen molar-refractivity contribution in [3.63, 3.8) is 0 Å². The Morgan fingerprint density at radius 1 is 1.54 bits per heavy atom. The molecule has 3 N–H and O–H groups in total. The highest BCUT2D eigenvalue weighted by Crippen LogP contribution is 2.27. The number of anilines is 1. The lowest BCUT2D eigenvalue weighted by Gasteiger charge is -1.89. The second-order valence-corrected chi connectivity index (χ2v) is 3.93. The predicted octanol–water partition coefficient (Wildman–Crippen LogP) is 2.45. The number of hydrogen-bond acceptors (Lipinski definition) is 5. The van der Waals surface area contributed by atoms with Gasteiger partial charge in [0.1, 0.15) is 5.69 Å². The van der Waals surface area contributed by atoms with Gasteiger partial charge in [-0.25, -0.2) is 10.8 Å². The lowest BCUT2D eigenvalue weighted by atomic mass is 10.4. The van der Waals surface area contributed by atoms with Crippen LogP contribution in [0.15, 0.2) is 26.6 Å². The van der Waals surface area contributed by atoms with Crippen molar-refractivity contribution in [2.24, 2.45) is 5.84 Å². The largest absolute Gasteiger partial charge is 0.448 e. The molecule has 0 aliphatic rings. The molecule has 13 heavy (non-hydrogen) atoms. The van der Waals surface area contributed by atoms with Gasteiger partial charge in [0, 0.05) is 5.38 Å². The molecule has 0 unspecified atom stereocenters. The van der Waals surface area contributed by atoms with Gasteiger partial charge in [0.25, 0.3) is 0 Å². The van der Waals surface area contributed by atoms with Gasteiger partial charge in [-0.2, -0.15) is 0 Å². The Kier molecular flexibility index (Phi) is 2.34. The average molecular weight is 260 g/mol. The van der Waals surface area contributed by atoms with Gasteiger partial charge < -0.3 is 4.42 Å². The molecule has 0 fully saturated rings. The van der Waals surface area contributed by atoms with Crippen LogP contribution in [-0.2, 0) is 0 Å². The van der Waals surface area contributed by atoms with Crippen LogP contribution >= 0.6 is 27.3 Å². The minimum absolute atomic E-state index is 0.669. The summed E-state index contributed by atoms with van der Waals surface area (Å²) in [5, 5.41) is 2.54. The third-order valence-electron chi connectivity index (χ3n) is 1.45. The highest BCUT2D eigenvalue weighted by Gasteiger charge is 2.06. The molecule has 0 aromatic carbocycles. The van der Waals surface area contributed by atoms with Crippen LogP contribution in [0, 0.1) is 0 Å². The number of rotatable bonds is 2. The molecule has 2 aromatic heterocycles. The van der Waals surface area contributed by atoms with Crippen molar-refractivity contribution in [1.29, 1.82) is 0 Å². The molecule has 4 nitrogen and oxygen atoms in total. The maximum absolute atomic E-state index is 5.32. The zero-order valence-corrected chi connectivity index (χ0v) is 8.85. The quantitative estimate of drug-likeness (QED) is 0.643. The Bertz CT molecular complexity index is 411. The first-order valence-corrected chi connectivity index (χ1v) is 5.14. The number of hydrazine groups is 1. The zero-order chi connectivity index (χ0) is 9.26. The van der Waals surface area contributed by atoms with E-state index >= 15 is 0 Å². The van der Waals surface area contributed by atoms with E-state index in [1.165, 1.54) is 11.3 Å². The number of thiazole rings is 1. The van der Waals surface area contributed by atoms with Crippen LogP contribution < -0.4 is 11.3 Å². The minimum atomic E-state index is 0.669. The molecule has 0 radical (unpaired) electrons. The van der Waals surface area contributed by atoms with Gasteiger partial charge in [-0.3, -0.25) is 5.43 Å². The lowest BCUT2D eigenvalue weighted by molar-refractivity contribution is 0.554. The van der Waals surface area contributed by atoms with Crippen molar-refractivity contribution in [3.05, 3.63) is 22.2 Å². The molecule has 6 heteroatoms. The van der Waals surface area contributed by atoms with Crippen LogP contribution in [0.4, 0.5) is 5.13 Å². The van der Waals surface area contributed by atoms with Gasteiger partial charge >= 0.3 is 0 Å². The van der Waals surface area contributed by atoms with E-state index < -0.39 is 0 Å². The number of nitrogens with zero attached hydrogens (tertiary/aromatic N) is 1. The maximum Gasteiger partial charge on any atom is 0.197 e. The van der Waals surface area contributed by atoms with E-state index in [1.807, 2.05) is 17.5 Å². The molecule has 0 saturated heterocycles. The van der Waals surface area contributed by atoms with Gasteiger partial charge in [0.05, 0.1) is 0 Å². The van der Waals surface area contributed by atoms with E-state index in [2.05, 4.69) is 26.3 Å². The molecule has 0 amide bonds. The normalized spacial score (nSPS) is 10.3. The summed E-state index contributed by atoms with van der Waals surface area (Å²) in [5.74, 6) is 5.93. The smallest absolute Gasteiger partial charge is 0.197 e. The van der Waals surface area contributed by atoms with E-state index in [1.54, 1.807) is 0 Å². The Morgan fingerprint density at radius 3 is 2.92 bits per heavy atom. The summed E-state index contributed by atoms with van der Waals surface area (Å²) in [5.41, 5.74) is 3.26. The van der Waals surface area contributed by atoms with Crippen molar-refractivity contribution >= 4 is 32.4 Å². The summed E-state index contributed by atoms with van der Waals surface area (Å²) in [4.78, 5) is 4.18. The van der Waals surface area contributed by atoms with Gasteiger partial charge in [-0.1, -0.05) is 0 Å². The number of nitrogens with one attached hydrogen (secondary N) is 1. The highest BCUT2D eigenvalue weighted by molar-refractivity contribution is 9.10. The molecule has 0 aliphatic carbocycles. The number of hydrogen-bond donors (Lipinski definition) is 2. The van der Waals surface area contributed by atoms with Crippen molar-refractivity contribution in [1.82, 2.24) is 4.98 Å². The summed E-state index contributed by atoms with van der Waals surface area (Å²) in [7, 11) is 0. The maximum atomic E-state index is 5.32. The molecule has 2 heterocycles. The third kappa shape index (κ3) is 1.74. The van der Waals surface area contributed by atoms with Crippen LogP contribution in [-0.4, -0.2) is 4.98 Å². The number of aromatic nitrogens is 1. The van der Waals surface area contributed by atoms with E-state index in [-0.39, 0.29) is 0 Å². The summed E-state index contributed by atoms with van der Waals surface area (Å²) in [6, 6.07) is 3.67. The fraction of sp³-hybridized carbons (Fsp3) is 0. The predicted molar refractivity (Wildman–Crippen MR) is 55.3 cm³/mol. The Balaban J connectivity index is 2.35. The fourth-order valence-electron chi connectivity index (χ4n) is 0.905. The van der Waals surface area contributed by atoms with Crippen molar-refractivity contribution in [2.75, 3.05) is 5.43 Å². The SMILES string of the molecule is NNc1nc(-c2ccc(Br)o2)cs1. The highest BCUT2D eigenvalue weighted by atomic mass is 79.9. The molecule has 2 aromatic rings. The van der Waals surface area contributed by atoms with E-state index in [0.717, 1.165) is 11.5 Å². The Hall–Kier alpha value is -0.850. The number of nitrogens with two attached hydrogens (primary N) is 1. The molecule has 0 bridgehead atoms. The molecule has 0 atom stereocenters. The second kappa shape index (κ2) is 3.49. The average Bonchev–Trinajstić information content (AvgIpc) is 2.71. The summed E-state index contributed by atoms with van der Waals surface area (Å²) >= 11 is 4.65. The van der Waals surface area contributed by atoms with Gasteiger partial charge in [-0.05, 0) is 28.1 Å². The second-order valence-electron chi connectivity index (χ2n) is 2.29. The zero-order valence-electron chi connectivity index (χ0n) is 6.45. The topological polar surface area (TPSA) is 64.1 Å². The summed E-state index contributed by atoms with van der Waals surface area (Å²) in [6.45, 7) is 0. The first kappa shape index (κ1) is 8.74. The molecular weight excluding hydrogens is 254 g/mol. The third-order valence-corrected chi connectivity index (χ3v) is 2.65. The molecule has 0 saturated carbocycles. The van der Waals surface area contributed by atoms with Crippen molar-refractivity contribution in [2.45, 2.75) is 0 Å². The lowest BCUT2D eigenvalue weighted by Crippen LogP contribution is -2.05. The molecule has 68 valence electrons. The monoisotopic (exact) mass is 259 g/mol. The molecule has 0 aliphatic heterocycles. The standard InChI is InChI=1S/C7H6BrN3OS/c8-6-2-1-5(12-6)4-3-13-7(10-4)11-9/h1-3H,9H2,(H,10,11). The van der Waals surface area contributed by atoms with Crippen molar-refractivity contribution < 1.29 is 4.42 Å². The Morgan fingerprint density at radius 2 is 2.38 bits per heavy atom. The van der Waals surface area contributed by atoms with E-state index in [9.17, 15) is 0 Å². The van der Waals surface area contributed by atoms with Gasteiger partial charge in [0.2, 0.25) is 0 Å². The molecule has 0 spiro atoms. The minimum Gasteiger partial charge on any atom is -0.448 e.